The molecule has 0 aromatic carbocycles. The molecule has 1 aromatic rings. The van der Waals surface area contributed by atoms with Gasteiger partial charge in [0.25, 0.3) is 5.91 Å². The number of carbonyl (C=O) groups excluding carboxylic acids is 1. The molecule has 0 aliphatic carbocycles. The van der Waals surface area contributed by atoms with Gasteiger partial charge in [-0.05, 0) is 13.3 Å². The topological polar surface area (TPSA) is 79.3 Å². The highest BCUT2D eigenvalue weighted by Gasteiger charge is 2.18. The number of aromatic nitrogens is 1. The van der Waals surface area contributed by atoms with Crippen molar-refractivity contribution in [1.82, 2.24) is 10.3 Å². The van der Waals surface area contributed by atoms with Crippen molar-refractivity contribution in [1.29, 1.82) is 0 Å². The molecular formula is C11H16N2O3S. The first-order valence-corrected chi connectivity index (χ1v) is 6.35. The SMILES string of the molecule is CCCC(CNC(=O)c1csc(C)n1)C(=O)O. The molecule has 6 heteroatoms. The summed E-state index contributed by atoms with van der Waals surface area (Å²) >= 11 is 1.40. The first-order valence-electron chi connectivity index (χ1n) is 5.47. The first-order chi connectivity index (χ1) is 8.04. The highest BCUT2D eigenvalue weighted by Crippen LogP contribution is 2.09. The van der Waals surface area contributed by atoms with Crippen molar-refractivity contribution in [3.8, 4) is 0 Å². The number of aliphatic carboxylic acids is 1. The van der Waals surface area contributed by atoms with Crippen molar-refractivity contribution in [2.24, 2.45) is 5.92 Å². The van der Waals surface area contributed by atoms with E-state index in [1.165, 1.54) is 11.3 Å². The summed E-state index contributed by atoms with van der Waals surface area (Å²) in [4.78, 5) is 26.5. The van der Waals surface area contributed by atoms with Crippen molar-refractivity contribution in [3.05, 3.63) is 16.1 Å². The van der Waals surface area contributed by atoms with Gasteiger partial charge in [0.15, 0.2) is 0 Å². The number of aryl methyl sites for hydroxylation is 1. The summed E-state index contributed by atoms with van der Waals surface area (Å²) in [5, 5.41) is 14.0. The number of rotatable bonds is 6. The van der Waals surface area contributed by atoms with Crippen LogP contribution in [0.1, 0.15) is 35.3 Å². The van der Waals surface area contributed by atoms with Crippen molar-refractivity contribution in [2.75, 3.05) is 6.54 Å². The second-order valence-electron chi connectivity index (χ2n) is 3.79. The highest BCUT2D eigenvalue weighted by atomic mass is 32.1. The maximum atomic E-state index is 11.6. The molecule has 0 saturated heterocycles. The zero-order valence-corrected chi connectivity index (χ0v) is 10.7. The molecule has 0 spiro atoms. The quantitative estimate of drug-likeness (QED) is 0.811. The minimum atomic E-state index is -0.874. The molecule has 2 N–H and O–H groups in total. The maximum Gasteiger partial charge on any atom is 0.308 e. The predicted octanol–water partition coefficient (Wildman–Crippen LogP) is 1.68. The van der Waals surface area contributed by atoms with Crippen LogP contribution in [0, 0.1) is 12.8 Å². The van der Waals surface area contributed by atoms with Crippen LogP contribution in [0.2, 0.25) is 0 Å². The largest absolute Gasteiger partial charge is 0.481 e. The Morgan fingerprint density at radius 1 is 1.59 bits per heavy atom. The van der Waals surface area contributed by atoms with Crippen LogP contribution in [0.4, 0.5) is 0 Å². The number of thiazole rings is 1. The molecule has 1 atom stereocenters. The molecule has 0 aliphatic heterocycles. The fraction of sp³-hybridized carbons (Fsp3) is 0.545. The van der Waals surface area contributed by atoms with E-state index >= 15 is 0 Å². The van der Waals surface area contributed by atoms with Gasteiger partial charge >= 0.3 is 5.97 Å². The number of carbonyl (C=O) groups is 2. The first kappa shape index (κ1) is 13.6. The van der Waals surface area contributed by atoms with Crippen molar-refractivity contribution >= 4 is 23.2 Å². The third-order valence-electron chi connectivity index (χ3n) is 2.35. The van der Waals surface area contributed by atoms with Crippen LogP contribution < -0.4 is 5.32 Å². The van der Waals surface area contributed by atoms with E-state index in [1.807, 2.05) is 13.8 Å². The van der Waals surface area contributed by atoms with Gasteiger partial charge < -0.3 is 10.4 Å². The molecule has 1 rings (SSSR count). The maximum absolute atomic E-state index is 11.6. The molecule has 1 aromatic heterocycles. The molecule has 0 bridgehead atoms. The summed E-state index contributed by atoms with van der Waals surface area (Å²) in [6, 6.07) is 0. The van der Waals surface area contributed by atoms with E-state index in [9.17, 15) is 9.59 Å². The second-order valence-corrected chi connectivity index (χ2v) is 4.85. The Morgan fingerprint density at radius 3 is 2.76 bits per heavy atom. The van der Waals surface area contributed by atoms with Gasteiger partial charge in [-0.1, -0.05) is 13.3 Å². The predicted molar refractivity (Wildman–Crippen MR) is 65.2 cm³/mol. The molecule has 0 fully saturated rings. The molecule has 5 nitrogen and oxygen atoms in total. The van der Waals surface area contributed by atoms with E-state index in [-0.39, 0.29) is 12.5 Å². The van der Waals surface area contributed by atoms with Crippen molar-refractivity contribution in [3.63, 3.8) is 0 Å². The fourth-order valence-corrected chi connectivity index (χ4v) is 2.03. The number of carboxylic acids is 1. The van der Waals surface area contributed by atoms with E-state index in [1.54, 1.807) is 5.38 Å². The summed E-state index contributed by atoms with van der Waals surface area (Å²) < 4.78 is 0. The van der Waals surface area contributed by atoms with E-state index < -0.39 is 11.9 Å². The van der Waals surface area contributed by atoms with Gasteiger partial charge in [-0.3, -0.25) is 9.59 Å². The van der Waals surface area contributed by atoms with Crippen LogP contribution in [0.25, 0.3) is 0 Å². The Hall–Kier alpha value is -1.43. The lowest BCUT2D eigenvalue weighted by atomic mass is 10.0. The molecule has 1 heterocycles. The fourth-order valence-electron chi connectivity index (χ4n) is 1.44. The van der Waals surface area contributed by atoms with Gasteiger partial charge in [0.1, 0.15) is 5.69 Å². The van der Waals surface area contributed by atoms with Gasteiger partial charge in [0.2, 0.25) is 0 Å². The Morgan fingerprint density at radius 2 is 2.29 bits per heavy atom. The summed E-state index contributed by atoms with van der Waals surface area (Å²) in [6.07, 6.45) is 1.34. The smallest absolute Gasteiger partial charge is 0.308 e. The van der Waals surface area contributed by atoms with Crippen LogP contribution in [0.15, 0.2) is 5.38 Å². The third-order valence-corrected chi connectivity index (χ3v) is 3.12. The van der Waals surface area contributed by atoms with E-state index in [2.05, 4.69) is 10.3 Å². The van der Waals surface area contributed by atoms with Crippen LogP contribution in [-0.2, 0) is 4.79 Å². The van der Waals surface area contributed by atoms with Gasteiger partial charge in [-0.25, -0.2) is 4.98 Å². The number of amides is 1. The number of hydrogen-bond donors (Lipinski definition) is 2. The van der Waals surface area contributed by atoms with Crippen LogP contribution in [0.5, 0.6) is 0 Å². The molecule has 1 amide bonds. The Balaban J connectivity index is 2.49. The van der Waals surface area contributed by atoms with Crippen LogP contribution >= 0.6 is 11.3 Å². The lowest BCUT2D eigenvalue weighted by molar-refractivity contribution is -0.141. The lowest BCUT2D eigenvalue weighted by Gasteiger charge is -2.11. The number of carboxylic acid groups (broad SMARTS) is 1. The number of hydrogen-bond acceptors (Lipinski definition) is 4. The molecular weight excluding hydrogens is 240 g/mol. The van der Waals surface area contributed by atoms with E-state index in [0.29, 0.717) is 12.1 Å². The average Bonchev–Trinajstić information content (AvgIpc) is 2.70. The molecule has 0 saturated carbocycles. The highest BCUT2D eigenvalue weighted by molar-refractivity contribution is 7.09. The summed E-state index contributed by atoms with van der Waals surface area (Å²) in [5.41, 5.74) is 0.355. The monoisotopic (exact) mass is 256 g/mol. The van der Waals surface area contributed by atoms with Crippen molar-refractivity contribution < 1.29 is 14.7 Å². The van der Waals surface area contributed by atoms with E-state index in [0.717, 1.165) is 11.4 Å². The lowest BCUT2D eigenvalue weighted by Crippen LogP contribution is -2.33. The second kappa shape index (κ2) is 6.34. The average molecular weight is 256 g/mol. The zero-order valence-electron chi connectivity index (χ0n) is 9.90. The summed E-state index contributed by atoms with van der Waals surface area (Å²) in [6.45, 7) is 3.89. The number of nitrogens with zero attached hydrogens (tertiary/aromatic N) is 1. The Kier molecular flexibility index (Phi) is 5.09. The molecule has 0 radical (unpaired) electrons. The summed E-state index contributed by atoms with van der Waals surface area (Å²) in [7, 11) is 0. The summed E-state index contributed by atoms with van der Waals surface area (Å²) in [5.74, 6) is -1.71. The van der Waals surface area contributed by atoms with Crippen LogP contribution in [-0.4, -0.2) is 28.5 Å². The van der Waals surface area contributed by atoms with Gasteiger partial charge in [0.05, 0.1) is 10.9 Å². The molecule has 94 valence electrons. The van der Waals surface area contributed by atoms with Gasteiger partial charge in [0, 0.05) is 11.9 Å². The Bertz CT molecular complexity index is 403. The number of nitrogens with one attached hydrogen (secondary N) is 1. The molecule has 0 aliphatic rings. The minimum Gasteiger partial charge on any atom is -0.481 e. The standard InChI is InChI=1S/C11H16N2O3S/c1-3-4-8(11(15)16)5-12-10(14)9-6-17-7(2)13-9/h6,8H,3-5H2,1-2H3,(H,12,14)(H,15,16). The van der Waals surface area contributed by atoms with Gasteiger partial charge in [-0.2, -0.15) is 0 Å². The normalized spacial score (nSPS) is 12.1. The molecule has 17 heavy (non-hydrogen) atoms. The minimum absolute atomic E-state index is 0.151. The molecule has 1 unspecified atom stereocenters. The zero-order chi connectivity index (χ0) is 12.8. The van der Waals surface area contributed by atoms with Crippen molar-refractivity contribution in [2.45, 2.75) is 26.7 Å². The van der Waals surface area contributed by atoms with E-state index in [4.69, 9.17) is 5.11 Å². The third kappa shape index (κ3) is 4.14. The van der Waals surface area contributed by atoms with Crippen LogP contribution in [0.3, 0.4) is 0 Å². The Labute approximate surface area is 104 Å². The van der Waals surface area contributed by atoms with Gasteiger partial charge in [-0.15, -0.1) is 11.3 Å².